The minimum atomic E-state index is 0.168. The minimum absolute atomic E-state index is 0.168. The summed E-state index contributed by atoms with van der Waals surface area (Å²) in [7, 11) is 3.72. The van der Waals surface area contributed by atoms with Crippen LogP contribution in [-0.2, 0) is 0 Å². The molecular formula is C28H42N2. The fourth-order valence-corrected chi connectivity index (χ4v) is 3.15. The zero-order chi connectivity index (χ0) is 23.2. The van der Waals surface area contributed by atoms with E-state index in [1.807, 2.05) is 14.1 Å². The van der Waals surface area contributed by atoms with Crippen LogP contribution in [-0.4, -0.2) is 25.5 Å². The van der Waals surface area contributed by atoms with E-state index in [4.69, 9.17) is 0 Å². The average Bonchev–Trinajstić information content (AvgIpc) is 2.67. The molecule has 0 bridgehead atoms. The molecule has 0 radical (unpaired) electrons. The van der Waals surface area contributed by atoms with Gasteiger partial charge in [0.15, 0.2) is 0 Å². The number of nitrogens with zero attached hydrogens (tertiary/aromatic N) is 2. The van der Waals surface area contributed by atoms with Crippen LogP contribution in [0.2, 0.25) is 0 Å². The highest BCUT2D eigenvalue weighted by molar-refractivity contribution is 6.56. The van der Waals surface area contributed by atoms with Crippen LogP contribution in [0.1, 0.15) is 69.2 Å². The maximum Gasteiger partial charge on any atom is 0.0906 e. The summed E-state index contributed by atoms with van der Waals surface area (Å²) in [5.74, 6) is 0.548. The Bertz CT molecular complexity index is 899. The molecule has 0 unspecified atom stereocenters. The van der Waals surface area contributed by atoms with Crippen molar-refractivity contribution >= 4 is 11.4 Å². The fraction of sp³-hybridized carbons (Fsp3) is 0.500. The van der Waals surface area contributed by atoms with Crippen molar-refractivity contribution in [2.24, 2.45) is 21.3 Å². The van der Waals surface area contributed by atoms with Gasteiger partial charge in [0.05, 0.1) is 11.4 Å². The lowest BCUT2D eigenvalue weighted by molar-refractivity contribution is 0.504. The van der Waals surface area contributed by atoms with Gasteiger partial charge >= 0.3 is 0 Å². The molecule has 2 nitrogen and oxygen atoms in total. The van der Waals surface area contributed by atoms with Crippen LogP contribution in [0.25, 0.3) is 0 Å². The van der Waals surface area contributed by atoms with Crippen molar-refractivity contribution < 1.29 is 0 Å². The second kappa shape index (κ2) is 10.7. The first-order valence-electron chi connectivity index (χ1n) is 10.9. The lowest BCUT2D eigenvalue weighted by Gasteiger charge is -2.24. The predicted octanol–water partition coefficient (Wildman–Crippen LogP) is 7.87. The monoisotopic (exact) mass is 406 g/mol. The molecule has 0 atom stereocenters. The van der Waals surface area contributed by atoms with E-state index in [1.54, 1.807) is 0 Å². The molecule has 0 aromatic carbocycles. The molecule has 0 aliphatic heterocycles. The smallest absolute Gasteiger partial charge is 0.0906 e. The van der Waals surface area contributed by atoms with Crippen LogP contribution in [0.15, 0.2) is 79.4 Å². The van der Waals surface area contributed by atoms with Crippen molar-refractivity contribution in [1.29, 1.82) is 0 Å². The third-order valence-electron chi connectivity index (χ3n) is 6.01. The highest BCUT2D eigenvalue weighted by atomic mass is 14.8. The van der Waals surface area contributed by atoms with E-state index in [1.165, 1.54) is 33.4 Å². The van der Waals surface area contributed by atoms with Gasteiger partial charge in [0, 0.05) is 25.2 Å². The quantitative estimate of drug-likeness (QED) is 0.328. The summed E-state index contributed by atoms with van der Waals surface area (Å²) < 4.78 is 0. The van der Waals surface area contributed by atoms with Crippen molar-refractivity contribution in [1.82, 2.24) is 0 Å². The van der Waals surface area contributed by atoms with Crippen molar-refractivity contribution in [3.63, 3.8) is 0 Å². The average molecular weight is 407 g/mol. The summed E-state index contributed by atoms with van der Waals surface area (Å²) in [5.41, 5.74) is 10.8. The van der Waals surface area contributed by atoms with Gasteiger partial charge in [0.1, 0.15) is 0 Å². The number of hydrogen-bond acceptors (Lipinski definition) is 2. The van der Waals surface area contributed by atoms with E-state index in [0.717, 1.165) is 17.0 Å². The fourth-order valence-electron chi connectivity index (χ4n) is 3.15. The van der Waals surface area contributed by atoms with Gasteiger partial charge in [-0.05, 0) is 68.7 Å². The van der Waals surface area contributed by atoms with E-state index >= 15 is 0 Å². The molecule has 0 spiro atoms. The molecule has 0 saturated heterocycles. The van der Waals surface area contributed by atoms with Gasteiger partial charge in [-0.15, -0.1) is 0 Å². The maximum atomic E-state index is 4.67. The molecule has 0 saturated carbocycles. The predicted molar refractivity (Wildman–Crippen MR) is 137 cm³/mol. The number of hydrogen-bond donors (Lipinski definition) is 0. The molecule has 0 aromatic heterocycles. The van der Waals surface area contributed by atoms with Crippen molar-refractivity contribution in [3.8, 4) is 0 Å². The Morgan fingerprint density at radius 3 is 1.83 bits per heavy atom. The highest BCUT2D eigenvalue weighted by Gasteiger charge is 2.25. The summed E-state index contributed by atoms with van der Waals surface area (Å²) in [6.45, 7) is 22.0. The first-order chi connectivity index (χ1) is 13.8. The number of rotatable bonds is 5. The van der Waals surface area contributed by atoms with Crippen molar-refractivity contribution in [2.45, 2.75) is 69.2 Å². The third-order valence-corrected chi connectivity index (χ3v) is 6.01. The van der Waals surface area contributed by atoms with Gasteiger partial charge in [-0.1, -0.05) is 70.1 Å². The van der Waals surface area contributed by atoms with Crippen LogP contribution in [0.3, 0.4) is 0 Å². The summed E-state index contributed by atoms with van der Waals surface area (Å²) in [6.07, 6.45) is 11.1. The normalized spacial score (nSPS) is 20.6. The SMILES string of the molecule is CN=C1C(/C(C)=C/C=C(\C)C(C)C)=CC(C)=C(/C(C)=C/C=C(\C)C(C)(C)C)C1=NC. The van der Waals surface area contributed by atoms with Gasteiger partial charge in [-0.2, -0.15) is 0 Å². The van der Waals surface area contributed by atoms with E-state index in [2.05, 4.69) is 110 Å². The second-order valence-electron chi connectivity index (χ2n) is 9.62. The molecule has 1 rings (SSSR count). The summed E-state index contributed by atoms with van der Waals surface area (Å²) in [6, 6.07) is 0. The van der Waals surface area contributed by atoms with Crippen molar-refractivity contribution in [2.75, 3.05) is 14.1 Å². The van der Waals surface area contributed by atoms with Gasteiger partial charge in [0.25, 0.3) is 0 Å². The summed E-state index contributed by atoms with van der Waals surface area (Å²) >= 11 is 0. The topological polar surface area (TPSA) is 24.7 Å². The Balaban J connectivity index is 3.56. The molecule has 0 heterocycles. The largest absolute Gasteiger partial charge is 0.286 e. The van der Waals surface area contributed by atoms with E-state index in [-0.39, 0.29) is 5.41 Å². The number of aliphatic imine (C=N–C) groups is 2. The molecule has 2 heteroatoms. The van der Waals surface area contributed by atoms with Gasteiger partial charge in [-0.3, -0.25) is 9.98 Å². The molecule has 0 fully saturated rings. The van der Waals surface area contributed by atoms with Gasteiger partial charge in [0.2, 0.25) is 0 Å². The molecule has 1 aliphatic rings. The number of allylic oxidation sites excluding steroid dienone is 12. The van der Waals surface area contributed by atoms with E-state index < -0.39 is 0 Å². The first-order valence-corrected chi connectivity index (χ1v) is 10.9. The Hall–Kier alpha value is -2.22. The molecule has 0 N–H and O–H groups in total. The van der Waals surface area contributed by atoms with E-state index in [9.17, 15) is 0 Å². The zero-order valence-corrected chi connectivity index (χ0v) is 21.4. The second-order valence-corrected chi connectivity index (χ2v) is 9.62. The maximum absolute atomic E-state index is 4.67. The zero-order valence-electron chi connectivity index (χ0n) is 21.4. The molecule has 0 amide bonds. The summed E-state index contributed by atoms with van der Waals surface area (Å²) in [4.78, 5) is 9.31. The molecule has 30 heavy (non-hydrogen) atoms. The van der Waals surface area contributed by atoms with Crippen molar-refractivity contribution in [3.05, 3.63) is 69.4 Å². The van der Waals surface area contributed by atoms with Crippen LogP contribution in [0, 0.1) is 11.3 Å². The van der Waals surface area contributed by atoms with Crippen LogP contribution in [0.5, 0.6) is 0 Å². The molecular weight excluding hydrogens is 364 g/mol. The lowest BCUT2D eigenvalue weighted by atomic mass is 9.82. The van der Waals surface area contributed by atoms with E-state index in [0.29, 0.717) is 5.92 Å². The minimum Gasteiger partial charge on any atom is -0.286 e. The Morgan fingerprint density at radius 2 is 1.37 bits per heavy atom. The Kier molecular flexibility index (Phi) is 9.21. The molecule has 1 aliphatic carbocycles. The van der Waals surface area contributed by atoms with Crippen LogP contribution < -0.4 is 0 Å². The first kappa shape index (κ1) is 25.8. The van der Waals surface area contributed by atoms with Crippen LogP contribution >= 0.6 is 0 Å². The van der Waals surface area contributed by atoms with Gasteiger partial charge < -0.3 is 0 Å². The third kappa shape index (κ3) is 6.39. The Labute approximate surface area is 185 Å². The van der Waals surface area contributed by atoms with Crippen LogP contribution in [0.4, 0.5) is 0 Å². The highest BCUT2D eigenvalue weighted by Crippen LogP contribution is 2.30. The Morgan fingerprint density at radius 1 is 0.833 bits per heavy atom. The standard InChI is InChI=1S/C28H42N2/c1-18(2)19(3)13-14-20(4)24-17-22(6)25(27(30-12)26(24)29-11)21(5)15-16-23(7)28(8,9)10/h13-18H,1-12H3/b19-13+,20-14+,21-15+,23-16+,29-26?,30-27?. The molecule has 164 valence electrons. The lowest BCUT2D eigenvalue weighted by Crippen LogP contribution is -2.25. The van der Waals surface area contributed by atoms with Gasteiger partial charge in [-0.25, -0.2) is 0 Å². The molecule has 0 aromatic rings. The summed E-state index contributed by atoms with van der Waals surface area (Å²) in [5, 5.41) is 0.